The summed E-state index contributed by atoms with van der Waals surface area (Å²) in [4.78, 5) is 0. The van der Waals surface area contributed by atoms with E-state index in [0.29, 0.717) is 11.5 Å². The molecule has 18 heavy (non-hydrogen) atoms. The van der Waals surface area contributed by atoms with Gasteiger partial charge in [0, 0.05) is 6.04 Å². The first-order valence-electron chi connectivity index (χ1n) is 5.67. The Balaban J connectivity index is 0.00000289. The van der Waals surface area contributed by atoms with Gasteiger partial charge in [-0.25, -0.2) is 0 Å². The van der Waals surface area contributed by atoms with Crippen molar-refractivity contribution in [3.8, 4) is 17.2 Å². The number of ether oxygens (including phenoxy) is 3. The van der Waals surface area contributed by atoms with Gasteiger partial charge in [-0.1, -0.05) is 6.07 Å². The fourth-order valence-electron chi connectivity index (χ4n) is 1.74. The van der Waals surface area contributed by atoms with Crippen molar-refractivity contribution in [2.24, 2.45) is 5.73 Å². The molecule has 0 fully saturated rings. The van der Waals surface area contributed by atoms with Gasteiger partial charge in [0.1, 0.15) is 0 Å². The molecule has 0 heterocycles. The maximum absolute atomic E-state index is 5.76. The molecule has 2 N–H and O–H groups in total. The van der Waals surface area contributed by atoms with Crippen LogP contribution in [0.4, 0.5) is 0 Å². The molecule has 0 amide bonds. The van der Waals surface area contributed by atoms with Gasteiger partial charge in [0.2, 0.25) is 5.75 Å². The molecule has 1 atom stereocenters. The van der Waals surface area contributed by atoms with Gasteiger partial charge in [-0.3, -0.25) is 0 Å². The third-order valence-electron chi connectivity index (χ3n) is 2.65. The molecule has 0 bridgehead atoms. The molecule has 0 aliphatic rings. The topological polar surface area (TPSA) is 53.7 Å². The summed E-state index contributed by atoms with van der Waals surface area (Å²) in [5.74, 6) is 2.04. The second-order valence-corrected chi connectivity index (χ2v) is 4.01. The SMILES string of the molecule is COc1ccc(CCC(C)N)c(OC)c1OC.Cl. The molecule has 0 aliphatic heterocycles. The van der Waals surface area contributed by atoms with Crippen LogP contribution in [-0.4, -0.2) is 27.4 Å². The molecule has 0 saturated heterocycles. The molecule has 0 spiro atoms. The number of halogens is 1. The average molecular weight is 276 g/mol. The van der Waals surface area contributed by atoms with E-state index in [-0.39, 0.29) is 18.4 Å². The van der Waals surface area contributed by atoms with Gasteiger partial charge in [0.05, 0.1) is 21.3 Å². The van der Waals surface area contributed by atoms with Gasteiger partial charge in [0.15, 0.2) is 11.5 Å². The number of benzene rings is 1. The Bertz CT molecular complexity index is 369. The predicted octanol–water partition coefficient (Wildman–Crippen LogP) is 2.41. The Morgan fingerprint density at radius 2 is 1.67 bits per heavy atom. The van der Waals surface area contributed by atoms with Crippen LogP contribution in [-0.2, 0) is 6.42 Å². The summed E-state index contributed by atoms with van der Waals surface area (Å²) in [5.41, 5.74) is 6.85. The smallest absolute Gasteiger partial charge is 0.203 e. The first kappa shape index (κ1) is 16.9. The van der Waals surface area contributed by atoms with E-state index in [9.17, 15) is 0 Å². The average Bonchev–Trinajstić information content (AvgIpc) is 2.34. The lowest BCUT2D eigenvalue weighted by atomic mass is 10.0. The van der Waals surface area contributed by atoms with Crippen molar-refractivity contribution in [1.29, 1.82) is 0 Å². The van der Waals surface area contributed by atoms with Crippen LogP contribution < -0.4 is 19.9 Å². The fraction of sp³-hybridized carbons (Fsp3) is 0.538. The molecule has 0 saturated carbocycles. The lowest BCUT2D eigenvalue weighted by Crippen LogP contribution is -2.15. The van der Waals surface area contributed by atoms with Crippen molar-refractivity contribution >= 4 is 12.4 Å². The van der Waals surface area contributed by atoms with Crippen LogP contribution in [0.15, 0.2) is 12.1 Å². The lowest BCUT2D eigenvalue weighted by Gasteiger charge is -2.16. The molecule has 0 radical (unpaired) electrons. The second-order valence-electron chi connectivity index (χ2n) is 4.01. The molecule has 4 nitrogen and oxygen atoms in total. The van der Waals surface area contributed by atoms with Gasteiger partial charge in [0.25, 0.3) is 0 Å². The quantitative estimate of drug-likeness (QED) is 0.866. The van der Waals surface area contributed by atoms with E-state index in [1.54, 1.807) is 21.3 Å². The Kier molecular flexibility index (Phi) is 7.55. The molecule has 0 aliphatic carbocycles. The molecule has 104 valence electrons. The molecule has 1 unspecified atom stereocenters. The van der Waals surface area contributed by atoms with E-state index in [1.165, 1.54) is 0 Å². The van der Waals surface area contributed by atoms with E-state index >= 15 is 0 Å². The maximum Gasteiger partial charge on any atom is 0.203 e. The summed E-state index contributed by atoms with van der Waals surface area (Å²) in [6, 6.07) is 4.05. The van der Waals surface area contributed by atoms with Crippen LogP contribution >= 0.6 is 12.4 Å². The Labute approximate surface area is 115 Å². The number of hydrogen-bond donors (Lipinski definition) is 1. The summed E-state index contributed by atoms with van der Waals surface area (Å²) < 4.78 is 16.0. The minimum atomic E-state index is 0. The van der Waals surface area contributed by atoms with Gasteiger partial charge >= 0.3 is 0 Å². The lowest BCUT2D eigenvalue weighted by molar-refractivity contribution is 0.322. The number of hydrogen-bond acceptors (Lipinski definition) is 4. The zero-order valence-electron chi connectivity index (χ0n) is 11.4. The molecular formula is C13H22ClNO3. The van der Waals surface area contributed by atoms with Gasteiger partial charge < -0.3 is 19.9 Å². The normalized spacial score (nSPS) is 11.4. The highest BCUT2D eigenvalue weighted by Crippen LogP contribution is 2.40. The van der Waals surface area contributed by atoms with Crippen LogP contribution in [0.3, 0.4) is 0 Å². The summed E-state index contributed by atoms with van der Waals surface area (Å²) in [7, 11) is 4.85. The highest BCUT2D eigenvalue weighted by molar-refractivity contribution is 5.85. The standard InChI is InChI=1S/C13H21NO3.ClH/c1-9(14)5-6-10-7-8-11(15-2)13(17-4)12(10)16-3;/h7-9H,5-6,14H2,1-4H3;1H. The van der Waals surface area contributed by atoms with Crippen LogP contribution in [0.5, 0.6) is 17.2 Å². The third kappa shape index (κ3) is 3.96. The summed E-state index contributed by atoms with van der Waals surface area (Å²) in [6.07, 6.45) is 1.77. The zero-order chi connectivity index (χ0) is 12.8. The van der Waals surface area contributed by atoms with Crippen molar-refractivity contribution < 1.29 is 14.2 Å². The number of nitrogens with two attached hydrogens (primary N) is 1. The first-order valence-corrected chi connectivity index (χ1v) is 5.67. The first-order chi connectivity index (χ1) is 8.13. The van der Waals surface area contributed by atoms with Crippen molar-refractivity contribution in [3.05, 3.63) is 17.7 Å². The van der Waals surface area contributed by atoms with Crippen molar-refractivity contribution in [2.45, 2.75) is 25.8 Å². The number of methoxy groups -OCH3 is 3. The largest absolute Gasteiger partial charge is 0.493 e. The maximum atomic E-state index is 5.76. The summed E-state index contributed by atoms with van der Waals surface area (Å²) in [6.45, 7) is 1.99. The summed E-state index contributed by atoms with van der Waals surface area (Å²) in [5, 5.41) is 0. The predicted molar refractivity (Wildman–Crippen MR) is 75.3 cm³/mol. The van der Waals surface area contributed by atoms with Crippen LogP contribution in [0, 0.1) is 0 Å². The van der Waals surface area contributed by atoms with E-state index in [4.69, 9.17) is 19.9 Å². The van der Waals surface area contributed by atoms with Crippen molar-refractivity contribution in [3.63, 3.8) is 0 Å². The molecular weight excluding hydrogens is 254 g/mol. The molecule has 1 aromatic rings. The Morgan fingerprint density at radius 3 is 2.11 bits per heavy atom. The highest BCUT2D eigenvalue weighted by Gasteiger charge is 2.15. The minimum absolute atomic E-state index is 0. The van der Waals surface area contributed by atoms with E-state index < -0.39 is 0 Å². The van der Waals surface area contributed by atoms with E-state index in [0.717, 1.165) is 24.2 Å². The molecule has 1 rings (SSSR count). The number of aryl methyl sites for hydroxylation is 1. The minimum Gasteiger partial charge on any atom is -0.493 e. The van der Waals surface area contributed by atoms with E-state index in [1.807, 2.05) is 19.1 Å². The Morgan fingerprint density at radius 1 is 1.06 bits per heavy atom. The van der Waals surface area contributed by atoms with Crippen LogP contribution in [0.25, 0.3) is 0 Å². The van der Waals surface area contributed by atoms with Gasteiger partial charge in [-0.05, 0) is 31.4 Å². The molecule has 5 heteroatoms. The fourth-order valence-corrected chi connectivity index (χ4v) is 1.74. The van der Waals surface area contributed by atoms with Crippen LogP contribution in [0.2, 0.25) is 0 Å². The van der Waals surface area contributed by atoms with Crippen molar-refractivity contribution in [2.75, 3.05) is 21.3 Å². The molecule has 1 aromatic carbocycles. The van der Waals surface area contributed by atoms with Gasteiger partial charge in [-0.15, -0.1) is 12.4 Å². The number of rotatable bonds is 6. The Hall–Kier alpha value is -1.13. The van der Waals surface area contributed by atoms with E-state index in [2.05, 4.69) is 0 Å². The summed E-state index contributed by atoms with van der Waals surface area (Å²) >= 11 is 0. The third-order valence-corrected chi connectivity index (χ3v) is 2.65. The zero-order valence-corrected chi connectivity index (χ0v) is 12.2. The highest BCUT2D eigenvalue weighted by atomic mass is 35.5. The molecule has 0 aromatic heterocycles. The van der Waals surface area contributed by atoms with Gasteiger partial charge in [-0.2, -0.15) is 0 Å². The van der Waals surface area contributed by atoms with Crippen LogP contribution in [0.1, 0.15) is 18.9 Å². The van der Waals surface area contributed by atoms with Crippen molar-refractivity contribution in [1.82, 2.24) is 0 Å². The monoisotopic (exact) mass is 275 g/mol. The second kappa shape index (κ2) is 8.06.